The molecule has 2 fully saturated rings. The van der Waals surface area contributed by atoms with Gasteiger partial charge in [-0.15, -0.1) is 0 Å². The van der Waals surface area contributed by atoms with Crippen molar-refractivity contribution in [2.45, 2.75) is 121 Å². The number of aliphatic hydroxyl groups excluding tert-OH is 1. The molecule has 0 aliphatic carbocycles. The molecular formula is C25H46N2O8Si2. The highest BCUT2D eigenvalue weighted by molar-refractivity contribution is 6.74. The van der Waals surface area contributed by atoms with Crippen molar-refractivity contribution in [2.75, 3.05) is 13.7 Å². The van der Waals surface area contributed by atoms with E-state index in [2.05, 4.69) is 72.7 Å². The van der Waals surface area contributed by atoms with E-state index >= 15 is 0 Å². The normalized spacial score (nSPS) is 29.6. The number of rotatable bonds is 8. The smallest absolute Gasteiger partial charge is 0.330 e. The molecule has 37 heavy (non-hydrogen) atoms. The third kappa shape index (κ3) is 5.49. The maximum absolute atomic E-state index is 13.0. The molecule has 0 saturated carbocycles. The average Bonchev–Trinajstić information content (AvgIpc) is 3.42. The summed E-state index contributed by atoms with van der Waals surface area (Å²) in [6.45, 7) is 23.2. The van der Waals surface area contributed by atoms with Crippen molar-refractivity contribution in [3.63, 3.8) is 0 Å². The fraction of sp³-hybridized carbons (Fsp3) is 0.840. The van der Waals surface area contributed by atoms with E-state index in [1.807, 2.05) is 0 Å². The number of aliphatic hydroxyl groups is 1. The summed E-state index contributed by atoms with van der Waals surface area (Å²) in [5.41, 5.74) is -1.78. The summed E-state index contributed by atoms with van der Waals surface area (Å²) < 4.78 is 32.8. The Hall–Kier alpha value is -1.13. The highest BCUT2D eigenvalue weighted by Gasteiger charge is 2.76. The number of hydrogen-bond acceptors (Lipinski definition) is 8. The molecule has 1 aromatic rings. The SMILES string of the molecule is COC(O)[C@@H]1OC12[C@@H](CO[Si](C)(C)C(C)(C)C)O[C@@H](n1cc(C)c(=O)[nH]c1=O)[C@@H]2O[Si](C)(C)C(C)(C)C. The number of ether oxygens (including phenoxy) is 3. The van der Waals surface area contributed by atoms with Gasteiger partial charge in [-0.25, -0.2) is 4.79 Å². The zero-order valence-electron chi connectivity index (χ0n) is 24.4. The molecule has 0 aromatic carbocycles. The highest BCUT2D eigenvalue weighted by atomic mass is 28.4. The predicted molar refractivity (Wildman–Crippen MR) is 146 cm³/mol. The van der Waals surface area contributed by atoms with Crippen LogP contribution in [-0.2, 0) is 23.1 Å². The molecule has 1 aromatic heterocycles. The Morgan fingerprint density at radius 3 is 2.19 bits per heavy atom. The van der Waals surface area contributed by atoms with Gasteiger partial charge in [-0.1, -0.05) is 41.5 Å². The number of nitrogens with one attached hydrogen (secondary N) is 1. The Kier molecular flexibility index (Phi) is 8.06. The van der Waals surface area contributed by atoms with E-state index in [0.29, 0.717) is 5.56 Å². The van der Waals surface area contributed by atoms with Crippen molar-refractivity contribution in [2.24, 2.45) is 0 Å². The minimum atomic E-state index is -2.43. The third-order valence-corrected chi connectivity index (χ3v) is 17.7. The molecule has 2 N–H and O–H groups in total. The summed E-state index contributed by atoms with van der Waals surface area (Å²) in [5, 5.41) is 10.5. The molecule has 6 atom stereocenters. The number of aryl methyl sites for hydroxylation is 1. The molecule has 2 aliphatic heterocycles. The maximum atomic E-state index is 13.0. The van der Waals surface area contributed by atoms with E-state index in [4.69, 9.17) is 23.1 Å². The predicted octanol–water partition coefficient (Wildman–Crippen LogP) is 3.26. The van der Waals surface area contributed by atoms with Crippen molar-refractivity contribution in [3.05, 3.63) is 32.6 Å². The quantitative estimate of drug-likeness (QED) is 0.283. The lowest BCUT2D eigenvalue weighted by Crippen LogP contribution is -2.53. The van der Waals surface area contributed by atoms with Crippen molar-refractivity contribution in [1.29, 1.82) is 0 Å². The number of epoxide rings is 1. The largest absolute Gasteiger partial charge is 0.414 e. The first-order chi connectivity index (χ1) is 16.7. The summed E-state index contributed by atoms with van der Waals surface area (Å²) >= 11 is 0. The zero-order chi connectivity index (χ0) is 28.4. The Balaban J connectivity index is 2.13. The van der Waals surface area contributed by atoms with Gasteiger partial charge in [0, 0.05) is 18.9 Å². The van der Waals surface area contributed by atoms with Gasteiger partial charge in [0.15, 0.2) is 34.8 Å². The zero-order valence-corrected chi connectivity index (χ0v) is 26.4. The fourth-order valence-corrected chi connectivity index (χ4v) is 6.42. The van der Waals surface area contributed by atoms with Crippen LogP contribution in [0.4, 0.5) is 0 Å². The summed E-state index contributed by atoms with van der Waals surface area (Å²) in [6.07, 6.45) is -2.75. The molecule has 1 spiro atoms. The molecule has 212 valence electrons. The Morgan fingerprint density at radius 2 is 1.68 bits per heavy atom. The topological polar surface area (TPSA) is 125 Å². The Labute approximate surface area is 221 Å². The van der Waals surface area contributed by atoms with Gasteiger partial charge in [-0.3, -0.25) is 14.3 Å². The summed E-state index contributed by atoms with van der Waals surface area (Å²) in [4.78, 5) is 27.5. The van der Waals surface area contributed by atoms with Crippen molar-refractivity contribution in [1.82, 2.24) is 9.55 Å². The van der Waals surface area contributed by atoms with E-state index in [9.17, 15) is 14.7 Å². The number of aromatic amines is 1. The van der Waals surface area contributed by atoms with Crippen LogP contribution in [0.5, 0.6) is 0 Å². The van der Waals surface area contributed by atoms with E-state index < -0.39 is 64.3 Å². The number of aromatic nitrogens is 2. The van der Waals surface area contributed by atoms with E-state index in [-0.39, 0.29) is 16.7 Å². The Morgan fingerprint density at radius 1 is 1.11 bits per heavy atom. The van der Waals surface area contributed by atoms with Crippen molar-refractivity contribution < 1.29 is 28.2 Å². The lowest BCUT2D eigenvalue weighted by molar-refractivity contribution is -0.0901. The average molecular weight is 559 g/mol. The van der Waals surface area contributed by atoms with Gasteiger partial charge >= 0.3 is 5.69 Å². The molecule has 0 amide bonds. The number of H-pyrrole nitrogens is 1. The van der Waals surface area contributed by atoms with Crippen molar-refractivity contribution in [3.8, 4) is 0 Å². The van der Waals surface area contributed by atoms with Gasteiger partial charge in [0.05, 0.1) is 6.61 Å². The molecule has 12 heteroatoms. The lowest BCUT2D eigenvalue weighted by Gasteiger charge is -2.40. The van der Waals surface area contributed by atoms with Crippen LogP contribution in [0.2, 0.25) is 36.3 Å². The maximum Gasteiger partial charge on any atom is 0.330 e. The lowest BCUT2D eigenvalue weighted by atomic mass is 9.93. The second kappa shape index (κ2) is 9.81. The van der Waals surface area contributed by atoms with Crippen molar-refractivity contribution >= 4 is 16.6 Å². The molecular weight excluding hydrogens is 512 g/mol. The standard InChI is InChI=1S/C25H46N2O8Si2/c1-15-13-27(22(30)26-19(15)28)20-17(35-37(11,12)24(5,6)7)25(18(34-25)21(29)31-8)16(33-20)14-32-36(9,10)23(2,3)4/h13,16-18,20-21,29H,14H2,1-12H3,(H,26,28,30)/t16-,17+,18+,20-,21?,25?/m1/s1. The van der Waals surface area contributed by atoms with Crippen LogP contribution in [0.1, 0.15) is 53.3 Å². The third-order valence-electron chi connectivity index (χ3n) is 8.78. The summed E-state index contributed by atoms with van der Waals surface area (Å²) in [5.74, 6) is 0. The monoisotopic (exact) mass is 558 g/mol. The Bertz CT molecular complexity index is 1100. The van der Waals surface area contributed by atoms with E-state index in [0.717, 1.165) is 0 Å². The van der Waals surface area contributed by atoms with Gasteiger partial charge in [0.25, 0.3) is 5.56 Å². The molecule has 10 nitrogen and oxygen atoms in total. The number of hydrogen-bond donors (Lipinski definition) is 2. The summed E-state index contributed by atoms with van der Waals surface area (Å²) in [6, 6.07) is 0. The molecule has 0 bridgehead atoms. The van der Waals surface area contributed by atoms with Crippen LogP contribution in [0.3, 0.4) is 0 Å². The van der Waals surface area contributed by atoms with Crippen LogP contribution in [-0.4, -0.2) is 75.2 Å². The first kappa shape index (κ1) is 30.4. The van der Waals surface area contributed by atoms with Gasteiger partial charge in [0.2, 0.25) is 0 Å². The minimum Gasteiger partial charge on any atom is -0.414 e. The fourth-order valence-electron chi connectivity index (χ4n) is 4.13. The summed E-state index contributed by atoms with van der Waals surface area (Å²) in [7, 11) is -3.19. The van der Waals surface area contributed by atoms with Crippen LogP contribution in [0, 0.1) is 6.92 Å². The minimum absolute atomic E-state index is 0.0297. The first-order valence-electron chi connectivity index (χ1n) is 12.9. The first-order valence-corrected chi connectivity index (χ1v) is 18.7. The molecule has 2 unspecified atom stereocenters. The van der Waals surface area contributed by atoms with Gasteiger partial charge in [-0.05, 0) is 43.2 Å². The number of nitrogens with zero attached hydrogens (tertiary/aromatic N) is 1. The molecule has 3 heterocycles. The van der Waals surface area contributed by atoms with E-state index in [1.54, 1.807) is 6.92 Å². The van der Waals surface area contributed by atoms with Gasteiger partial charge < -0.3 is 28.2 Å². The van der Waals surface area contributed by atoms with Crippen LogP contribution < -0.4 is 11.2 Å². The second-order valence-corrected chi connectivity index (χ2v) is 22.9. The van der Waals surface area contributed by atoms with E-state index in [1.165, 1.54) is 17.9 Å². The van der Waals surface area contributed by atoms with Crippen LogP contribution in [0.15, 0.2) is 15.8 Å². The van der Waals surface area contributed by atoms with Gasteiger partial charge in [-0.2, -0.15) is 0 Å². The molecule has 2 aliphatic rings. The van der Waals surface area contributed by atoms with Gasteiger partial charge in [0.1, 0.15) is 18.3 Å². The van der Waals surface area contributed by atoms with Crippen LogP contribution >= 0.6 is 0 Å². The highest BCUT2D eigenvalue weighted by Crippen LogP contribution is 2.57. The second-order valence-electron chi connectivity index (χ2n) is 13.4. The van der Waals surface area contributed by atoms with Crippen LogP contribution in [0.25, 0.3) is 0 Å². The molecule has 0 radical (unpaired) electrons. The molecule has 3 rings (SSSR count). The molecule has 2 saturated heterocycles. The number of methoxy groups -OCH3 is 1.